The zero-order valence-electron chi connectivity index (χ0n) is 11.8. The van der Waals surface area contributed by atoms with Gasteiger partial charge in [-0.05, 0) is 29.8 Å². The van der Waals surface area contributed by atoms with Gasteiger partial charge in [0.15, 0.2) is 11.5 Å². The van der Waals surface area contributed by atoms with E-state index in [0.29, 0.717) is 17.1 Å². The molecule has 5 heteroatoms. The Morgan fingerprint density at radius 3 is 2.62 bits per heavy atom. The average Bonchev–Trinajstić information content (AvgIpc) is 2.53. The molecule has 0 heterocycles. The maximum absolute atomic E-state index is 9.60. The van der Waals surface area contributed by atoms with Gasteiger partial charge in [0, 0.05) is 11.8 Å². The molecule has 0 aromatic heterocycles. The van der Waals surface area contributed by atoms with E-state index < -0.39 is 6.04 Å². The minimum atomic E-state index is -0.563. The number of aromatic hydroxyl groups is 1. The number of phenolic OH excluding ortho intramolecular Hbond substituents is 1. The Bertz CT molecular complexity index is 665. The van der Waals surface area contributed by atoms with E-state index in [0.717, 1.165) is 5.69 Å². The first-order valence-electron chi connectivity index (χ1n) is 6.35. The summed E-state index contributed by atoms with van der Waals surface area (Å²) in [5.41, 5.74) is 1.47. The topological polar surface area (TPSA) is 74.5 Å². The van der Waals surface area contributed by atoms with Gasteiger partial charge in [0.05, 0.1) is 20.3 Å². The van der Waals surface area contributed by atoms with E-state index in [2.05, 4.69) is 11.4 Å². The highest BCUT2D eigenvalue weighted by Gasteiger charge is 2.13. The van der Waals surface area contributed by atoms with Gasteiger partial charge < -0.3 is 19.9 Å². The molecule has 2 rings (SSSR count). The lowest BCUT2D eigenvalue weighted by molar-refractivity contribution is 0.373. The van der Waals surface area contributed by atoms with E-state index in [1.165, 1.54) is 13.2 Å². The van der Waals surface area contributed by atoms with Crippen LogP contribution in [0.2, 0.25) is 0 Å². The predicted molar refractivity (Wildman–Crippen MR) is 79.6 cm³/mol. The lowest BCUT2D eigenvalue weighted by atomic mass is 10.1. The summed E-state index contributed by atoms with van der Waals surface area (Å²) in [4.78, 5) is 0. The summed E-state index contributed by atoms with van der Waals surface area (Å²) in [5, 5.41) is 22.1. The number of methoxy groups -OCH3 is 2. The van der Waals surface area contributed by atoms with Gasteiger partial charge in [-0.2, -0.15) is 5.26 Å². The molecule has 0 bridgehead atoms. The fourth-order valence-electron chi connectivity index (χ4n) is 1.94. The Morgan fingerprint density at radius 1 is 1.14 bits per heavy atom. The van der Waals surface area contributed by atoms with Crippen molar-refractivity contribution in [3.05, 3.63) is 48.0 Å². The van der Waals surface area contributed by atoms with Crippen LogP contribution in [0.1, 0.15) is 11.6 Å². The zero-order valence-corrected chi connectivity index (χ0v) is 11.8. The molecule has 1 unspecified atom stereocenters. The number of hydrogen-bond donors (Lipinski definition) is 2. The second-order valence-corrected chi connectivity index (χ2v) is 4.37. The third-order valence-electron chi connectivity index (χ3n) is 3.05. The fourth-order valence-corrected chi connectivity index (χ4v) is 1.94. The molecule has 5 nitrogen and oxygen atoms in total. The first-order chi connectivity index (χ1) is 10.2. The molecular weight excluding hydrogens is 268 g/mol. The molecule has 0 spiro atoms. The second kappa shape index (κ2) is 6.53. The Morgan fingerprint density at radius 2 is 1.95 bits per heavy atom. The summed E-state index contributed by atoms with van der Waals surface area (Å²) in [5.74, 6) is 1.08. The SMILES string of the molecule is COc1cccc(NC(C#N)c2ccc(O)c(OC)c2)c1. The van der Waals surface area contributed by atoms with Gasteiger partial charge in [-0.3, -0.25) is 0 Å². The molecule has 1 atom stereocenters. The smallest absolute Gasteiger partial charge is 0.160 e. The highest BCUT2D eigenvalue weighted by Crippen LogP contribution is 2.30. The second-order valence-electron chi connectivity index (χ2n) is 4.37. The summed E-state index contributed by atoms with van der Waals surface area (Å²) in [6.07, 6.45) is 0. The largest absolute Gasteiger partial charge is 0.504 e. The minimum absolute atomic E-state index is 0.0410. The molecule has 0 radical (unpaired) electrons. The Kier molecular flexibility index (Phi) is 4.52. The van der Waals surface area contributed by atoms with Crippen LogP contribution in [0.3, 0.4) is 0 Å². The number of rotatable bonds is 5. The number of ether oxygens (including phenoxy) is 2. The fraction of sp³-hybridized carbons (Fsp3) is 0.188. The molecule has 2 N–H and O–H groups in total. The molecule has 0 amide bonds. The van der Waals surface area contributed by atoms with Crippen LogP contribution < -0.4 is 14.8 Å². The molecule has 0 aliphatic rings. The predicted octanol–water partition coefficient (Wildman–Crippen LogP) is 3.09. The van der Waals surface area contributed by atoms with Crippen LogP contribution in [0.5, 0.6) is 17.2 Å². The van der Waals surface area contributed by atoms with Gasteiger partial charge >= 0.3 is 0 Å². The molecule has 0 saturated heterocycles. The maximum atomic E-state index is 9.60. The molecule has 0 aliphatic heterocycles. The minimum Gasteiger partial charge on any atom is -0.504 e. The molecular formula is C16H16N2O3. The van der Waals surface area contributed by atoms with Crippen LogP contribution in [0.4, 0.5) is 5.69 Å². The average molecular weight is 284 g/mol. The summed E-state index contributed by atoms with van der Waals surface area (Å²) >= 11 is 0. The van der Waals surface area contributed by atoms with E-state index in [9.17, 15) is 10.4 Å². The number of anilines is 1. The Labute approximate surface area is 123 Å². The first kappa shape index (κ1) is 14.5. The lowest BCUT2D eigenvalue weighted by Gasteiger charge is -2.15. The summed E-state index contributed by atoms with van der Waals surface area (Å²) < 4.78 is 10.2. The standard InChI is InChI=1S/C16H16N2O3/c1-20-13-5-3-4-12(9-13)18-14(10-17)11-6-7-15(19)16(8-11)21-2/h3-9,14,18-19H,1-2H3. The van der Waals surface area contributed by atoms with E-state index in [1.807, 2.05) is 24.3 Å². The summed E-state index contributed by atoms with van der Waals surface area (Å²) in [6.45, 7) is 0. The van der Waals surface area contributed by atoms with E-state index in [4.69, 9.17) is 9.47 Å². The molecule has 0 aliphatic carbocycles. The first-order valence-corrected chi connectivity index (χ1v) is 6.35. The van der Waals surface area contributed by atoms with Crippen molar-refractivity contribution in [2.45, 2.75) is 6.04 Å². The van der Waals surface area contributed by atoms with Gasteiger partial charge in [-0.1, -0.05) is 12.1 Å². The summed E-state index contributed by atoms with van der Waals surface area (Å²) in [7, 11) is 3.06. The van der Waals surface area contributed by atoms with E-state index >= 15 is 0 Å². The van der Waals surface area contributed by atoms with Crippen molar-refractivity contribution >= 4 is 5.69 Å². The van der Waals surface area contributed by atoms with Crippen LogP contribution in [0.25, 0.3) is 0 Å². The quantitative estimate of drug-likeness (QED) is 0.882. The number of nitrogens with zero attached hydrogens (tertiary/aromatic N) is 1. The third kappa shape index (κ3) is 3.37. The van der Waals surface area contributed by atoms with Gasteiger partial charge in [-0.25, -0.2) is 0 Å². The number of hydrogen-bond acceptors (Lipinski definition) is 5. The Hall–Kier alpha value is -2.87. The molecule has 2 aromatic carbocycles. The van der Waals surface area contributed by atoms with Crippen molar-refractivity contribution < 1.29 is 14.6 Å². The number of benzene rings is 2. The van der Waals surface area contributed by atoms with Crippen LogP contribution >= 0.6 is 0 Å². The molecule has 108 valence electrons. The monoisotopic (exact) mass is 284 g/mol. The van der Waals surface area contributed by atoms with Crippen molar-refractivity contribution in [3.8, 4) is 23.3 Å². The molecule has 21 heavy (non-hydrogen) atoms. The highest BCUT2D eigenvalue weighted by molar-refractivity contribution is 5.52. The van der Waals surface area contributed by atoms with Crippen LogP contribution in [-0.4, -0.2) is 19.3 Å². The van der Waals surface area contributed by atoms with Crippen LogP contribution in [0, 0.1) is 11.3 Å². The highest BCUT2D eigenvalue weighted by atomic mass is 16.5. The Balaban J connectivity index is 2.25. The van der Waals surface area contributed by atoms with E-state index in [1.54, 1.807) is 19.2 Å². The lowest BCUT2D eigenvalue weighted by Crippen LogP contribution is -2.08. The van der Waals surface area contributed by atoms with Gasteiger partial charge in [0.1, 0.15) is 11.8 Å². The zero-order chi connectivity index (χ0) is 15.2. The van der Waals surface area contributed by atoms with Crippen molar-refractivity contribution in [3.63, 3.8) is 0 Å². The van der Waals surface area contributed by atoms with Crippen LogP contribution in [0.15, 0.2) is 42.5 Å². The van der Waals surface area contributed by atoms with Crippen LogP contribution in [-0.2, 0) is 0 Å². The van der Waals surface area contributed by atoms with Crippen molar-refractivity contribution in [2.24, 2.45) is 0 Å². The number of phenols is 1. The van der Waals surface area contributed by atoms with Gasteiger partial charge in [0.2, 0.25) is 0 Å². The summed E-state index contributed by atoms with van der Waals surface area (Å²) in [6, 6.07) is 13.8. The van der Waals surface area contributed by atoms with Crippen molar-refractivity contribution in [2.75, 3.05) is 19.5 Å². The third-order valence-corrected chi connectivity index (χ3v) is 3.05. The van der Waals surface area contributed by atoms with Crippen molar-refractivity contribution in [1.29, 1.82) is 5.26 Å². The molecule has 2 aromatic rings. The molecule has 0 fully saturated rings. The maximum Gasteiger partial charge on any atom is 0.160 e. The van der Waals surface area contributed by atoms with Gasteiger partial charge in [0.25, 0.3) is 0 Å². The van der Waals surface area contributed by atoms with Gasteiger partial charge in [-0.15, -0.1) is 0 Å². The number of nitriles is 1. The van der Waals surface area contributed by atoms with E-state index in [-0.39, 0.29) is 5.75 Å². The normalized spacial score (nSPS) is 11.3. The molecule has 0 saturated carbocycles. The number of nitrogens with one attached hydrogen (secondary N) is 1. The van der Waals surface area contributed by atoms with Crippen molar-refractivity contribution in [1.82, 2.24) is 0 Å².